The molecule has 0 saturated heterocycles. The van der Waals surface area contributed by atoms with E-state index in [2.05, 4.69) is 18.2 Å². The third-order valence-corrected chi connectivity index (χ3v) is 2.65. The average Bonchev–Trinajstić information content (AvgIpc) is 2.38. The molecule has 0 aliphatic rings. The van der Waals surface area contributed by atoms with Crippen molar-refractivity contribution < 1.29 is 0 Å². The van der Waals surface area contributed by atoms with E-state index in [1.807, 2.05) is 30.3 Å². The number of hydrogen-bond donors (Lipinski definition) is 2. The first kappa shape index (κ1) is 10.9. The summed E-state index contributed by atoms with van der Waals surface area (Å²) in [6.45, 7) is 1.10. The van der Waals surface area contributed by atoms with E-state index in [0.717, 1.165) is 22.3 Å². The summed E-state index contributed by atoms with van der Waals surface area (Å²) in [7, 11) is 0. The zero-order valence-corrected chi connectivity index (χ0v) is 9.11. The van der Waals surface area contributed by atoms with Crippen molar-refractivity contribution in [2.75, 3.05) is 0 Å². The second kappa shape index (κ2) is 4.92. The maximum absolute atomic E-state index is 5.72. The highest BCUT2D eigenvalue weighted by Crippen LogP contribution is 2.23. The van der Waals surface area contributed by atoms with Crippen molar-refractivity contribution in [1.29, 1.82) is 0 Å². The van der Waals surface area contributed by atoms with Gasteiger partial charge in [0.05, 0.1) is 0 Å². The van der Waals surface area contributed by atoms with Gasteiger partial charge >= 0.3 is 0 Å². The van der Waals surface area contributed by atoms with Crippen LogP contribution < -0.4 is 11.5 Å². The molecule has 0 fully saturated rings. The van der Waals surface area contributed by atoms with Crippen LogP contribution >= 0.6 is 0 Å². The summed E-state index contributed by atoms with van der Waals surface area (Å²) in [5.74, 6) is 0. The van der Waals surface area contributed by atoms with Gasteiger partial charge in [-0.05, 0) is 40.5 Å². The Morgan fingerprint density at radius 2 is 1.94 bits per heavy atom. The van der Waals surface area contributed by atoms with Crippen molar-refractivity contribution in [3.8, 4) is 11.1 Å². The molecule has 0 unspecified atom stereocenters. The van der Waals surface area contributed by atoms with E-state index in [1.54, 1.807) is 0 Å². The quantitative estimate of drug-likeness (QED) is 0.816. The van der Waals surface area contributed by atoms with Crippen molar-refractivity contribution in [1.82, 2.24) is 0 Å². The highest BCUT2D eigenvalue weighted by molar-refractivity contribution is 5.67. The first-order valence-electron chi connectivity index (χ1n) is 5.33. The molecular formula is C14H15N2. The second-order valence-corrected chi connectivity index (χ2v) is 3.69. The van der Waals surface area contributed by atoms with Crippen LogP contribution in [-0.4, -0.2) is 0 Å². The molecule has 2 aromatic carbocycles. The Morgan fingerprint density at radius 1 is 1.06 bits per heavy atom. The van der Waals surface area contributed by atoms with Gasteiger partial charge in [0.15, 0.2) is 0 Å². The molecule has 4 N–H and O–H groups in total. The Morgan fingerprint density at radius 3 is 2.69 bits per heavy atom. The molecule has 2 rings (SSSR count). The molecule has 16 heavy (non-hydrogen) atoms. The molecule has 0 bridgehead atoms. The van der Waals surface area contributed by atoms with E-state index >= 15 is 0 Å². The van der Waals surface area contributed by atoms with Gasteiger partial charge in [-0.25, -0.2) is 0 Å². The molecule has 1 radical (unpaired) electrons. The molecule has 81 valence electrons. The predicted molar refractivity (Wildman–Crippen MR) is 66.5 cm³/mol. The SMILES string of the molecule is NCc1cccc(-c2c[c]ccc2CN)c1. The topological polar surface area (TPSA) is 52.0 Å². The summed E-state index contributed by atoms with van der Waals surface area (Å²) in [5.41, 5.74) is 15.9. The monoisotopic (exact) mass is 211 g/mol. The van der Waals surface area contributed by atoms with Crippen LogP contribution in [0.1, 0.15) is 11.1 Å². The molecule has 2 nitrogen and oxygen atoms in total. The fraction of sp³-hybridized carbons (Fsp3) is 0.143. The van der Waals surface area contributed by atoms with Gasteiger partial charge in [-0.15, -0.1) is 0 Å². The first-order chi connectivity index (χ1) is 7.85. The van der Waals surface area contributed by atoms with Gasteiger partial charge in [-0.3, -0.25) is 0 Å². The van der Waals surface area contributed by atoms with Crippen LogP contribution in [0.15, 0.2) is 42.5 Å². The smallest absolute Gasteiger partial charge is 0.0184 e. The zero-order valence-electron chi connectivity index (χ0n) is 9.11. The Bertz CT molecular complexity index is 478. The molecule has 0 aliphatic carbocycles. The normalized spacial score (nSPS) is 10.4. The summed E-state index contributed by atoms with van der Waals surface area (Å²) in [5, 5.41) is 0. The molecule has 0 atom stereocenters. The van der Waals surface area contributed by atoms with Crippen LogP contribution in [0.3, 0.4) is 0 Å². The van der Waals surface area contributed by atoms with Crippen LogP contribution in [0.25, 0.3) is 11.1 Å². The molecule has 2 heteroatoms. The zero-order chi connectivity index (χ0) is 11.4. The lowest BCUT2D eigenvalue weighted by atomic mass is 9.98. The van der Waals surface area contributed by atoms with Gasteiger partial charge in [-0.2, -0.15) is 0 Å². The van der Waals surface area contributed by atoms with E-state index in [4.69, 9.17) is 11.5 Å². The Labute approximate surface area is 95.9 Å². The van der Waals surface area contributed by atoms with Gasteiger partial charge in [-0.1, -0.05) is 30.3 Å². The maximum Gasteiger partial charge on any atom is 0.0184 e. The molecule has 0 heterocycles. The highest BCUT2D eigenvalue weighted by atomic mass is 14.5. The average molecular weight is 211 g/mol. The molecule has 2 aromatic rings. The molecule has 0 aromatic heterocycles. The first-order valence-corrected chi connectivity index (χ1v) is 5.33. The predicted octanol–water partition coefficient (Wildman–Crippen LogP) is 2.07. The lowest BCUT2D eigenvalue weighted by molar-refractivity contribution is 1.06. The minimum atomic E-state index is 0.539. The Balaban J connectivity index is 2.49. The molecule has 0 aliphatic heterocycles. The molecular weight excluding hydrogens is 196 g/mol. The number of benzene rings is 2. The third kappa shape index (κ3) is 2.13. The molecule has 0 saturated carbocycles. The number of hydrogen-bond acceptors (Lipinski definition) is 2. The summed E-state index contributed by atoms with van der Waals surface area (Å²) in [4.78, 5) is 0. The highest BCUT2D eigenvalue weighted by Gasteiger charge is 2.03. The van der Waals surface area contributed by atoms with Gasteiger partial charge in [0.2, 0.25) is 0 Å². The van der Waals surface area contributed by atoms with Gasteiger partial charge in [0.1, 0.15) is 0 Å². The van der Waals surface area contributed by atoms with Gasteiger partial charge < -0.3 is 11.5 Å². The minimum Gasteiger partial charge on any atom is -0.326 e. The fourth-order valence-electron chi connectivity index (χ4n) is 1.78. The summed E-state index contributed by atoms with van der Waals surface area (Å²) in [6.07, 6.45) is 0. The van der Waals surface area contributed by atoms with Gasteiger partial charge in [0.25, 0.3) is 0 Å². The summed E-state index contributed by atoms with van der Waals surface area (Å²) in [6, 6.07) is 17.2. The van der Waals surface area contributed by atoms with Crippen LogP contribution in [0.2, 0.25) is 0 Å². The van der Waals surface area contributed by atoms with Crippen molar-refractivity contribution in [3.05, 3.63) is 59.7 Å². The van der Waals surface area contributed by atoms with Crippen LogP contribution in [0.4, 0.5) is 0 Å². The fourth-order valence-corrected chi connectivity index (χ4v) is 1.78. The van der Waals surface area contributed by atoms with E-state index in [-0.39, 0.29) is 0 Å². The maximum atomic E-state index is 5.72. The van der Waals surface area contributed by atoms with Crippen molar-refractivity contribution >= 4 is 0 Å². The van der Waals surface area contributed by atoms with Crippen LogP contribution in [-0.2, 0) is 13.1 Å². The third-order valence-electron chi connectivity index (χ3n) is 2.65. The number of rotatable bonds is 3. The van der Waals surface area contributed by atoms with E-state index in [9.17, 15) is 0 Å². The molecule has 0 amide bonds. The summed E-state index contributed by atoms with van der Waals surface area (Å²) >= 11 is 0. The largest absolute Gasteiger partial charge is 0.326 e. The second-order valence-electron chi connectivity index (χ2n) is 3.69. The van der Waals surface area contributed by atoms with E-state index in [1.165, 1.54) is 0 Å². The minimum absolute atomic E-state index is 0.539. The molecule has 0 spiro atoms. The lowest BCUT2D eigenvalue weighted by Gasteiger charge is -2.08. The van der Waals surface area contributed by atoms with Crippen molar-refractivity contribution in [2.45, 2.75) is 13.1 Å². The number of nitrogens with two attached hydrogens (primary N) is 2. The van der Waals surface area contributed by atoms with Crippen molar-refractivity contribution in [2.24, 2.45) is 11.5 Å². The lowest BCUT2D eigenvalue weighted by Crippen LogP contribution is -2.00. The standard InChI is InChI=1S/C14H15N2/c15-9-11-4-3-6-12(8-11)14-7-2-1-5-13(14)10-16/h1,3-8H,9-10,15-16H2. The van der Waals surface area contributed by atoms with Crippen LogP contribution in [0.5, 0.6) is 0 Å². The van der Waals surface area contributed by atoms with Crippen LogP contribution in [0, 0.1) is 6.07 Å². The van der Waals surface area contributed by atoms with E-state index < -0.39 is 0 Å². The van der Waals surface area contributed by atoms with Crippen molar-refractivity contribution in [3.63, 3.8) is 0 Å². The Kier molecular flexibility index (Phi) is 3.34. The summed E-state index contributed by atoms with van der Waals surface area (Å²) < 4.78 is 0. The Hall–Kier alpha value is -1.64. The van der Waals surface area contributed by atoms with E-state index in [0.29, 0.717) is 13.1 Å². The van der Waals surface area contributed by atoms with Gasteiger partial charge in [0, 0.05) is 13.1 Å².